The lowest BCUT2D eigenvalue weighted by molar-refractivity contribution is -0.123. The lowest BCUT2D eigenvalue weighted by Crippen LogP contribution is -2.51. The van der Waals surface area contributed by atoms with Crippen LogP contribution in [0.1, 0.15) is 18.9 Å². The first kappa shape index (κ1) is 13.2. The molecule has 2 N–H and O–H groups in total. The summed E-state index contributed by atoms with van der Waals surface area (Å²) in [5.41, 5.74) is 6.23. The molecule has 0 saturated heterocycles. The van der Waals surface area contributed by atoms with Gasteiger partial charge < -0.3 is 9.47 Å². The molecule has 0 saturated carbocycles. The van der Waals surface area contributed by atoms with Gasteiger partial charge in [-0.1, -0.05) is 6.92 Å². The topological polar surface area (TPSA) is 72.0 Å². The van der Waals surface area contributed by atoms with Crippen molar-refractivity contribution in [3.63, 3.8) is 0 Å². The van der Waals surface area contributed by atoms with Crippen molar-refractivity contribution in [2.24, 2.45) is 4.99 Å². The van der Waals surface area contributed by atoms with Crippen LogP contribution in [0.4, 0.5) is 0 Å². The van der Waals surface area contributed by atoms with Crippen molar-refractivity contribution in [3.8, 4) is 11.5 Å². The van der Waals surface area contributed by atoms with Gasteiger partial charge in [-0.2, -0.15) is 0 Å². The molecule has 1 aliphatic rings. The van der Waals surface area contributed by atoms with Crippen LogP contribution in [0.5, 0.6) is 11.5 Å². The Labute approximate surface area is 111 Å². The van der Waals surface area contributed by atoms with Crippen LogP contribution in [-0.2, 0) is 4.79 Å². The van der Waals surface area contributed by atoms with Gasteiger partial charge in [-0.15, -0.1) is 0 Å². The van der Waals surface area contributed by atoms with Gasteiger partial charge in [-0.25, -0.2) is 0 Å². The second-order valence-corrected chi connectivity index (χ2v) is 4.09. The molecule has 1 aromatic carbocycles. The average Bonchev–Trinajstić information content (AvgIpc) is 2.47. The van der Waals surface area contributed by atoms with Crippen LogP contribution in [0, 0.1) is 0 Å². The highest BCUT2D eigenvalue weighted by Crippen LogP contribution is 2.27. The highest BCUT2D eigenvalue weighted by molar-refractivity contribution is 6.03. The highest BCUT2D eigenvalue weighted by Gasteiger charge is 2.22. The lowest BCUT2D eigenvalue weighted by Gasteiger charge is -2.22. The Bertz CT molecular complexity index is 514. The number of hydrazine groups is 1. The third kappa shape index (κ3) is 2.62. The fraction of sp³-hybridized carbons (Fsp3) is 0.385. The quantitative estimate of drug-likeness (QED) is 0.845. The molecular formula is C13H17N3O3. The maximum atomic E-state index is 11.5. The molecule has 2 rings (SSSR count). The van der Waals surface area contributed by atoms with E-state index in [0.29, 0.717) is 23.8 Å². The number of hydrogen-bond acceptors (Lipinski definition) is 5. The predicted octanol–water partition coefficient (Wildman–Crippen LogP) is 0.863. The third-order valence-electron chi connectivity index (χ3n) is 2.94. The molecule has 0 radical (unpaired) electrons. The zero-order valence-corrected chi connectivity index (χ0v) is 11.2. The summed E-state index contributed by atoms with van der Waals surface area (Å²) >= 11 is 0. The number of carbonyl (C=O) groups excluding carboxylic acids is 1. The van der Waals surface area contributed by atoms with Crippen molar-refractivity contribution in [1.82, 2.24) is 10.9 Å². The number of aliphatic imine (C=N–C) groups is 1. The number of amidine groups is 1. The number of ether oxygens (including phenoxy) is 2. The monoisotopic (exact) mass is 263 g/mol. The van der Waals surface area contributed by atoms with Crippen molar-refractivity contribution in [2.45, 2.75) is 19.4 Å². The number of nitrogens with zero attached hydrogens (tertiary/aromatic N) is 1. The van der Waals surface area contributed by atoms with Gasteiger partial charge in [0.1, 0.15) is 11.9 Å². The largest absolute Gasteiger partial charge is 0.493 e. The Morgan fingerprint density at radius 3 is 2.58 bits per heavy atom. The molecule has 102 valence electrons. The average molecular weight is 263 g/mol. The maximum Gasteiger partial charge on any atom is 0.263 e. The first-order chi connectivity index (χ1) is 9.19. The summed E-state index contributed by atoms with van der Waals surface area (Å²) in [6.45, 7) is 1.92. The number of nitrogens with one attached hydrogen (secondary N) is 2. The lowest BCUT2D eigenvalue weighted by atomic mass is 10.1. The van der Waals surface area contributed by atoms with E-state index in [4.69, 9.17) is 9.47 Å². The van der Waals surface area contributed by atoms with E-state index in [0.717, 1.165) is 5.56 Å². The minimum atomic E-state index is -0.357. The second-order valence-electron chi connectivity index (χ2n) is 4.09. The summed E-state index contributed by atoms with van der Waals surface area (Å²) in [7, 11) is 3.16. The van der Waals surface area contributed by atoms with E-state index in [1.807, 2.05) is 19.1 Å². The van der Waals surface area contributed by atoms with Crippen molar-refractivity contribution in [3.05, 3.63) is 23.8 Å². The summed E-state index contributed by atoms with van der Waals surface area (Å²) in [5.74, 6) is 1.77. The fourth-order valence-electron chi connectivity index (χ4n) is 1.86. The van der Waals surface area contributed by atoms with Gasteiger partial charge in [0.05, 0.1) is 14.2 Å². The van der Waals surface area contributed by atoms with Gasteiger partial charge in [0.25, 0.3) is 5.91 Å². The van der Waals surface area contributed by atoms with Gasteiger partial charge >= 0.3 is 0 Å². The first-order valence-corrected chi connectivity index (χ1v) is 6.05. The van der Waals surface area contributed by atoms with Crippen molar-refractivity contribution < 1.29 is 14.3 Å². The van der Waals surface area contributed by atoms with Crippen LogP contribution < -0.4 is 20.3 Å². The molecule has 1 unspecified atom stereocenters. The molecule has 1 amide bonds. The predicted molar refractivity (Wildman–Crippen MR) is 71.4 cm³/mol. The van der Waals surface area contributed by atoms with Crippen molar-refractivity contribution in [2.75, 3.05) is 14.2 Å². The Balaban J connectivity index is 2.34. The third-order valence-corrected chi connectivity index (χ3v) is 2.94. The van der Waals surface area contributed by atoms with Crippen LogP contribution in [0.25, 0.3) is 0 Å². The van der Waals surface area contributed by atoms with E-state index in [1.165, 1.54) is 0 Å². The minimum Gasteiger partial charge on any atom is -0.493 e. The van der Waals surface area contributed by atoms with Gasteiger partial charge in [0.15, 0.2) is 11.5 Å². The maximum absolute atomic E-state index is 11.5. The Morgan fingerprint density at radius 2 is 1.95 bits per heavy atom. The minimum absolute atomic E-state index is 0.119. The van der Waals surface area contributed by atoms with Crippen LogP contribution in [0.15, 0.2) is 23.2 Å². The molecule has 1 aromatic rings. The van der Waals surface area contributed by atoms with Crippen molar-refractivity contribution >= 4 is 11.7 Å². The van der Waals surface area contributed by atoms with E-state index >= 15 is 0 Å². The van der Waals surface area contributed by atoms with E-state index in [9.17, 15) is 4.79 Å². The van der Waals surface area contributed by atoms with Gasteiger partial charge in [-0.05, 0) is 24.6 Å². The molecule has 0 spiro atoms. The molecule has 19 heavy (non-hydrogen) atoms. The molecule has 1 aliphatic heterocycles. The molecule has 1 heterocycles. The van der Waals surface area contributed by atoms with Crippen molar-refractivity contribution in [1.29, 1.82) is 0 Å². The standard InChI is InChI=1S/C13H17N3O3/c1-4-9-13(17)16-15-12(14-9)8-5-6-10(18-2)11(7-8)19-3/h5-7,9H,4H2,1-3H3,(H,14,15)(H,16,17). The summed E-state index contributed by atoms with van der Waals surface area (Å²) in [5, 5.41) is 0. The summed E-state index contributed by atoms with van der Waals surface area (Å²) in [6.07, 6.45) is 0.657. The van der Waals surface area contributed by atoms with Crippen LogP contribution in [0.2, 0.25) is 0 Å². The summed E-state index contributed by atoms with van der Waals surface area (Å²) < 4.78 is 10.4. The normalized spacial score (nSPS) is 18.2. The van der Waals surface area contributed by atoms with E-state index in [-0.39, 0.29) is 11.9 Å². The van der Waals surface area contributed by atoms with Crippen LogP contribution in [-0.4, -0.2) is 32.0 Å². The number of methoxy groups -OCH3 is 2. The molecule has 6 nitrogen and oxygen atoms in total. The zero-order valence-electron chi connectivity index (χ0n) is 11.2. The van der Waals surface area contributed by atoms with Crippen LogP contribution >= 0.6 is 0 Å². The molecule has 0 fully saturated rings. The van der Waals surface area contributed by atoms with Gasteiger partial charge in [0, 0.05) is 5.56 Å². The molecule has 1 atom stereocenters. The number of carbonyl (C=O) groups is 1. The molecule has 6 heteroatoms. The van der Waals surface area contributed by atoms with E-state index in [1.54, 1.807) is 20.3 Å². The molecule has 0 bridgehead atoms. The zero-order chi connectivity index (χ0) is 13.8. The Kier molecular flexibility index (Phi) is 3.89. The summed E-state index contributed by atoms with van der Waals surface area (Å²) in [4.78, 5) is 15.9. The Hall–Kier alpha value is -2.24. The van der Waals surface area contributed by atoms with Crippen LogP contribution in [0.3, 0.4) is 0 Å². The smallest absolute Gasteiger partial charge is 0.263 e. The number of rotatable bonds is 4. The molecule has 0 aromatic heterocycles. The number of amides is 1. The molecular weight excluding hydrogens is 246 g/mol. The van der Waals surface area contributed by atoms with E-state index < -0.39 is 0 Å². The SMILES string of the molecule is CCC1N=C(c2ccc(OC)c(OC)c2)NNC1=O. The fourth-order valence-corrected chi connectivity index (χ4v) is 1.86. The first-order valence-electron chi connectivity index (χ1n) is 6.05. The molecule has 0 aliphatic carbocycles. The second kappa shape index (κ2) is 5.60. The number of hydrogen-bond donors (Lipinski definition) is 2. The summed E-state index contributed by atoms with van der Waals surface area (Å²) in [6, 6.07) is 5.12. The van der Waals surface area contributed by atoms with Gasteiger partial charge in [-0.3, -0.25) is 20.6 Å². The highest BCUT2D eigenvalue weighted by atomic mass is 16.5. The number of benzene rings is 1. The van der Waals surface area contributed by atoms with Gasteiger partial charge in [0.2, 0.25) is 0 Å². The van der Waals surface area contributed by atoms with E-state index in [2.05, 4.69) is 15.8 Å². The Morgan fingerprint density at radius 1 is 1.21 bits per heavy atom.